The second-order valence-corrected chi connectivity index (χ2v) is 8.33. The summed E-state index contributed by atoms with van der Waals surface area (Å²) in [5, 5.41) is 5.64. The zero-order chi connectivity index (χ0) is 19.2. The quantitative estimate of drug-likeness (QED) is 0.365. The Morgan fingerprint density at radius 3 is 2.79 bits per heavy atom. The highest BCUT2D eigenvalue weighted by molar-refractivity contribution is 14.0. The number of guanidine groups is 1. The Morgan fingerprint density at radius 1 is 1.39 bits per heavy atom. The van der Waals surface area contributed by atoms with Crippen LogP contribution in [0.5, 0.6) is 0 Å². The van der Waals surface area contributed by atoms with Crippen molar-refractivity contribution < 1.29 is 9.53 Å². The highest BCUT2D eigenvalue weighted by Gasteiger charge is 2.31. The normalized spacial score (nSPS) is 21.9. The van der Waals surface area contributed by atoms with Gasteiger partial charge in [0, 0.05) is 51.2 Å². The molecular formula is C19H32IN5O2S. The van der Waals surface area contributed by atoms with Crippen LogP contribution >= 0.6 is 35.3 Å². The summed E-state index contributed by atoms with van der Waals surface area (Å²) in [6.07, 6.45) is 1.12. The summed E-state index contributed by atoms with van der Waals surface area (Å²) in [6, 6.07) is 4.89. The molecule has 0 radical (unpaired) electrons. The number of likely N-dealkylation sites (tertiary alicyclic amines) is 1. The highest BCUT2D eigenvalue weighted by atomic mass is 127. The SMILES string of the molecule is CC(NC(=NCC(=O)N(C)C)N1CCC(N2CCOCC2)C1)c1cccs1.I. The van der Waals surface area contributed by atoms with Crippen molar-refractivity contribution in [2.45, 2.75) is 25.4 Å². The number of ether oxygens (including phenoxy) is 1. The van der Waals surface area contributed by atoms with E-state index in [0.29, 0.717) is 6.04 Å². The standard InChI is InChI=1S/C19H31N5O2S.HI/c1-15(17-5-4-12-27-17)21-19(20-13-18(25)22(2)3)24-7-6-16(14-24)23-8-10-26-11-9-23;/h4-5,12,15-16H,6-11,13-14H2,1-3H3,(H,20,21);1H. The van der Waals surface area contributed by atoms with Crippen LogP contribution in [-0.2, 0) is 9.53 Å². The number of likely N-dealkylation sites (N-methyl/N-ethyl adjacent to an activating group) is 1. The van der Waals surface area contributed by atoms with Crippen LogP contribution < -0.4 is 5.32 Å². The van der Waals surface area contributed by atoms with Crippen LogP contribution in [0.3, 0.4) is 0 Å². The van der Waals surface area contributed by atoms with Crippen molar-refractivity contribution >= 4 is 47.2 Å². The lowest BCUT2D eigenvalue weighted by molar-refractivity contribution is -0.127. The Balaban J connectivity index is 0.00000280. The van der Waals surface area contributed by atoms with Crippen LogP contribution in [0.2, 0.25) is 0 Å². The number of carbonyl (C=O) groups excluding carboxylic acids is 1. The lowest BCUT2D eigenvalue weighted by Crippen LogP contribution is -2.47. The fourth-order valence-corrected chi connectivity index (χ4v) is 4.23. The molecule has 2 unspecified atom stereocenters. The first-order chi connectivity index (χ1) is 13.0. The minimum absolute atomic E-state index is 0. The minimum Gasteiger partial charge on any atom is -0.379 e. The van der Waals surface area contributed by atoms with Gasteiger partial charge in [0.15, 0.2) is 5.96 Å². The van der Waals surface area contributed by atoms with E-state index in [4.69, 9.17) is 4.74 Å². The van der Waals surface area contributed by atoms with Gasteiger partial charge in [-0.05, 0) is 24.8 Å². The number of hydrogen-bond donors (Lipinski definition) is 1. The summed E-state index contributed by atoms with van der Waals surface area (Å²) < 4.78 is 5.48. The zero-order valence-electron chi connectivity index (χ0n) is 17.0. The van der Waals surface area contributed by atoms with Gasteiger partial charge < -0.3 is 19.9 Å². The van der Waals surface area contributed by atoms with Gasteiger partial charge in [0.25, 0.3) is 0 Å². The Bertz CT molecular complexity index is 634. The van der Waals surface area contributed by atoms with Crippen molar-refractivity contribution in [3.63, 3.8) is 0 Å². The van der Waals surface area contributed by atoms with Gasteiger partial charge in [0.2, 0.25) is 5.91 Å². The fourth-order valence-electron chi connectivity index (χ4n) is 3.50. The van der Waals surface area contributed by atoms with Crippen LogP contribution in [0, 0.1) is 0 Å². The maximum absolute atomic E-state index is 12.0. The van der Waals surface area contributed by atoms with Gasteiger partial charge in [0.1, 0.15) is 6.54 Å². The molecule has 28 heavy (non-hydrogen) atoms. The van der Waals surface area contributed by atoms with Crippen molar-refractivity contribution in [3.05, 3.63) is 22.4 Å². The molecule has 7 nitrogen and oxygen atoms in total. The van der Waals surface area contributed by atoms with Gasteiger partial charge in [-0.2, -0.15) is 0 Å². The van der Waals surface area contributed by atoms with Crippen LogP contribution in [0.15, 0.2) is 22.5 Å². The molecule has 3 heterocycles. The predicted molar refractivity (Wildman–Crippen MR) is 125 cm³/mol. The molecule has 0 aliphatic carbocycles. The zero-order valence-corrected chi connectivity index (χ0v) is 20.1. The van der Waals surface area contributed by atoms with E-state index in [1.807, 2.05) is 0 Å². The molecule has 0 aromatic carbocycles. The lowest BCUT2D eigenvalue weighted by Gasteiger charge is -2.32. The molecule has 2 aliphatic rings. The Morgan fingerprint density at radius 2 is 2.14 bits per heavy atom. The summed E-state index contributed by atoms with van der Waals surface area (Å²) >= 11 is 1.73. The number of hydrogen-bond acceptors (Lipinski definition) is 5. The van der Waals surface area contributed by atoms with Crippen molar-refractivity contribution in [1.29, 1.82) is 0 Å². The summed E-state index contributed by atoms with van der Waals surface area (Å²) in [7, 11) is 3.53. The van der Waals surface area contributed by atoms with E-state index in [1.54, 1.807) is 30.3 Å². The van der Waals surface area contributed by atoms with Gasteiger partial charge in [0.05, 0.1) is 19.3 Å². The monoisotopic (exact) mass is 521 g/mol. The average Bonchev–Trinajstić information content (AvgIpc) is 3.37. The van der Waals surface area contributed by atoms with Gasteiger partial charge in [-0.15, -0.1) is 35.3 Å². The smallest absolute Gasteiger partial charge is 0.243 e. The number of rotatable bonds is 5. The first-order valence-electron chi connectivity index (χ1n) is 9.66. The van der Waals surface area contributed by atoms with E-state index >= 15 is 0 Å². The largest absolute Gasteiger partial charge is 0.379 e. The molecule has 0 saturated carbocycles. The first-order valence-corrected chi connectivity index (χ1v) is 10.5. The van der Waals surface area contributed by atoms with Gasteiger partial charge in [-0.25, -0.2) is 4.99 Å². The third kappa shape index (κ3) is 6.30. The van der Waals surface area contributed by atoms with Crippen LogP contribution in [0.25, 0.3) is 0 Å². The molecule has 1 aromatic rings. The van der Waals surface area contributed by atoms with Crippen molar-refractivity contribution in [3.8, 4) is 0 Å². The Labute approximate surface area is 189 Å². The van der Waals surface area contributed by atoms with E-state index in [9.17, 15) is 4.79 Å². The lowest BCUT2D eigenvalue weighted by atomic mass is 10.2. The maximum Gasteiger partial charge on any atom is 0.243 e. The molecule has 0 spiro atoms. The van der Waals surface area contributed by atoms with E-state index < -0.39 is 0 Å². The molecule has 0 bridgehead atoms. The number of aliphatic imine (C=N–C) groups is 1. The number of thiophene rings is 1. The third-order valence-corrected chi connectivity index (χ3v) is 6.26. The molecule has 1 N–H and O–H groups in total. The maximum atomic E-state index is 12.0. The van der Waals surface area contributed by atoms with Crippen LogP contribution in [-0.4, -0.2) is 92.6 Å². The minimum atomic E-state index is 0. The van der Waals surface area contributed by atoms with Gasteiger partial charge in [-0.3, -0.25) is 9.69 Å². The number of nitrogens with one attached hydrogen (secondary N) is 1. The molecule has 2 aliphatic heterocycles. The summed E-state index contributed by atoms with van der Waals surface area (Å²) in [4.78, 5) is 24.4. The van der Waals surface area contributed by atoms with Gasteiger partial charge in [-0.1, -0.05) is 6.07 Å². The third-order valence-electron chi connectivity index (χ3n) is 5.20. The summed E-state index contributed by atoms with van der Waals surface area (Å²) in [5.41, 5.74) is 0. The molecule has 2 atom stereocenters. The average molecular weight is 521 g/mol. The number of nitrogens with zero attached hydrogens (tertiary/aromatic N) is 4. The van der Waals surface area contributed by atoms with E-state index in [1.165, 1.54) is 4.88 Å². The van der Waals surface area contributed by atoms with E-state index in [0.717, 1.165) is 51.8 Å². The van der Waals surface area contributed by atoms with Crippen molar-refractivity contribution in [2.24, 2.45) is 4.99 Å². The van der Waals surface area contributed by atoms with Crippen LogP contribution in [0.4, 0.5) is 0 Å². The molecule has 3 rings (SSSR count). The van der Waals surface area contributed by atoms with Crippen molar-refractivity contribution in [1.82, 2.24) is 20.0 Å². The molecule has 158 valence electrons. The molecular weight excluding hydrogens is 489 g/mol. The second kappa shape index (κ2) is 11.3. The number of carbonyl (C=O) groups is 1. The van der Waals surface area contributed by atoms with Crippen LogP contribution in [0.1, 0.15) is 24.3 Å². The fraction of sp³-hybridized carbons (Fsp3) is 0.684. The molecule has 1 aromatic heterocycles. The number of morpholine rings is 1. The number of halogens is 1. The molecule has 9 heteroatoms. The van der Waals surface area contributed by atoms with Crippen molar-refractivity contribution in [2.75, 3.05) is 60.0 Å². The van der Waals surface area contributed by atoms with E-state index in [2.05, 4.69) is 44.5 Å². The van der Waals surface area contributed by atoms with Gasteiger partial charge >= 0.3 is 0 Å². The number of amides is 1. The predicted octanol–water partition coefficient (Wildman–Crippen LogP) is 1.87. The summed E-state index contributed by atoms with van der Waals surface area (Å²) in [5.74, 6) is 0.851. The highest BCUT2D eigenvalue weighted by Crippen LogP contribution is 2.21. The molecule has 2 saturated heterocycles. The first kappa shape index (κ1) is 23.4. The Kier molecular flexibility index (Phi) is 9.45. The molecule has 2 fully saturated rings. The second-order valence-electron chi connectivity index (χ2n) is 7.35. The Hall–Kier alpha value is -0.910. The molecule has 1 amide bonds. The van der Waals surface area contributed by atoms with E-state index in [-0.39, 0.29) is 42.5 Å². The topological polar surface area (TPSA) is 60.4 Å². The summed E-state index contributed by atoms with van der Waals surface area (Å²) in [6.45, 7) is 7.87.